The summed E-state index contributed by atoms with van der Waals surface area (Å²) in [6.45, 7) is 0.134. The van der Waals surface area contributed by atoms with E-state index in [-0.39, 0.29) is 13.2 Å². The maximum atomic E-state index is 8.94. The molecule has 0 unspecified atom stereocenters. The van der Waals surface area contributed by atoms with E-state index in [0.29, 0.717) is 17.3 Å². The van der Waals surface area contributed by atoms with Crippen molar-refractivity contribution in [2.24, 2.45) is 0 Å². The van der Waals surface area contributed by atoms with Crippen LogP contribution in [0.3, 0.4) is 0 Å². The molecule has 0 amide bonds. The van der Waals surface area contributed by atoms with Crippen LogP contribution in [0.4, 0.5) is 0 Å². The quantitative estimate of drug-likeness (QED) is 0.755. The highest BCUT2D eigenvalue weighted by atomic mass is 16.5. The Kier molecular flexibility index (Phi) is 3.83. The first-order chi connectivity index (χ1) is 10.4. The number of pyridine rings is 1. The van der Waals surface area contributed by atoms with Crippen molar-refractivity contribution in [3.8, 4) is 11.4 Å². The lowest BCUT2D eigenvalue weighted by atomic mass is 10.3. The first-order valence-electron chi connectivity index (χ1n) is 6.38. The van der Waals surface area contributed by atoms with Crippen molar-refractivity contribution in [2.75, 3.05) is 0 Å². The number of hydrogen-bond acceptors (Lipinski definition) is 6. The summed E-state index contributed by atoms with van der Waals surface area (Å²) in [6, 6.07) is 13.0. The van der Waals surface area contributed by atoms with Gasteiger partial charge in [-0.05, 0) is 34.7 Å². The molecule has 3 aromatic rings. The predicted molar refractivity (Wildman–Crippen MR) is 73.6 cm³/mol. The number of benzene rings is 1. The topological polar surface area (TPSA) is 86.0 Å². The number of hydrogen-bond donors (Lipinski definition) is 1. The smallest absolute Gasteiger partial charge is 0.194 e. The largest absolute Gasteiger partial charge is 0.484 e. The van der Waals surface area contributed by atoms with E-state index in [2.05, 4.69) is 20.5 Å². The van der Waals surface area contributed by atoms with E-state index in [1.54, 1.807) is 23.0 Å². The first kappa shape index (κ1) is 13.2. The van der Waals surface area contributed by atoms with Gasteiger partial charge >= 0.3 is 0 Å². The second-order valence-electron chi connectivity index (χ2n) is 4.27. The molecule has 0 fully saturated rings. The van der Waals surface area contributed by atoms with Gasteiger partial charge in [-0.2, -0.15) is 4.68 Å². The number of aliphatic hydroxyl groups excluding tert-OH is 1. The highest BCUT2D eigenvalue weighted by Gasteiger charge is 2.08. The molecule has 1 aromatic carbocycles. The highest BCUT2D eigenvalue weighted by Crippen LogP contribution is 2.12. The molecule has 0 bridgehead atoms. The Morgan fingerprint density at radius 1 is 1.10 bits per heavy atom. The third-order valence-corrected chi connectivity index (χ3v) is 2.86. The van der Waals surface area contributed by atoms with Gasteiger partial charge in [0.15, 0.2) is 5.82 Å². The van der Waals surface area contributed by atoms with Gasteiger partial charge in [-0.15, -0.1) is 5.10 Å². The molecule has 0 saturated carbocycles. The third kappa shape index (κ3) is 3.03. The second-order valence-corrected chi connectivity index (χ2v) is 4.27. The molecule has 106 valence electrons. The van der Waals surface area contributed by atoms with Crippen molar-refractivity contribution in [3.05, 3.63) is 60.2 Å². The van der Waals surface area contributed by atoms with Crippen LogP contribution in [0.2, 0.25) is 0 Å². The average molecular weight is 283 g/mol. The van der Waals surface area contributed by atoms with Gasteiger partial charge in [-0.1, -0.05) is 18.2 Å². The number of nitrogens with zero attached hydrogens (tertiary/aromatic N) is 5. The van der Waals surface area contributed by atoms with E-state index in [1.807, 2.05) is 30.3 Å². The van der Waals surface area contributed by atoms with Crippen molar-refractivity contribution >= 4 is 0 Å². The summed E-state index contributed by atoms with van der Waals surface area (Å²) in [4.78, 5) is 4.04. The van der Waals surface area contributed by atoms with E-state index in [9.17, 15) is 0 Å². The van der Waals surface area contributed by atoms with Gasteiger partial charge in [0.1, 0.15) is 12.4 Å². The summed E-state index contributed by atoms with van der Waals surface area (Å²) in [7, 11) is 0. The minimum Gasteiger partial charge on any atom is -0.484 e. The number of tetrazole rings is 1. The summed E-state index contributed by atoms with van der Waals surface area (Å²) in [5, 5.41) is 20.5. The molecule has 3 rings (SSSR count). The fourth-order valence-corrected chi connectivity index (χ4v) is 1.80. The van der Waals surface area contributed by atoms with Crippen LogP contribution in [0, 0.1) is 0 Å². The van der Waals surface area contributed by atoms with E-state index in [1.165, 1.54) is 0 Å². The van der Waals surface area contributed by atoms with Gasteiger partial charge in [0.05, 0.1) is 24.2 Å². The van der Waals surface area contributed by atoms with Crippen molar-refractivity contribution in [2.45, 2.75) is 13.2 Å². The summed E-state index contributed by atoms with van der Waals surface area (Å²) in [5.41, 5.74) is 1.46. The zero-order valence-electron chi connectivity index (χ0n) is 11.1. The Bertz CT molecular complexity index is 697. The molecule has 0 radical (unpaired) electrons. The van der Waals surface area contributed by atoms with E-state index in [4.69, 9.17) is 9.84 Å². The third-order valence-electron chi connectivity index (χ3n) is 2.86. The number of aromatic nitrogens is 5. The molecule has 0 saturated heterocycles. The number of ether oxygens (including phenoxy) is 1. The Labute approximate surface area is 120 Å². The van der Waals surface area contributed by atoms with Crippen LogP contribution in [-0.2, 0) is 13.2 Å². The Balaban J connectivity index is 1.72. The first-order valence-corrected chi connectivity index (χ1v) is 6.38. The van der Waals surface area contributed by atoms with E-state index >= 15 is 0 Å². The minimum atomic E-state index is -0.0907. The summed E-state index contributed by atoms with van der Waals surface area (Å²) < 4.78 is 7.23. The Morgan fingerprint density at radius 3 is 2.67 bits per heavy atom. The molecule has 1 N–H and O–H groups in total. The number of aliphatic hydroxyl groups is 1. The molecular formula is C14H13N5O2. The monoisotopic (exact) mass is 283 g/mol. The van der Waals surface area contributed by atoms with Gasteiger partial charge in [-0.3, -0.25) is 4.98 Å². The van der Waals surface area contributed by atoms with Crippen molar-refractivity contribution < 1.29 is 9.84 Å². The molecular weight excluding hydrogens is 270 g/mol. The van der Waals surface area contributed by atoms with E-state index in [0.717, 1.165) is 5.69 Å². The van der Waals surface area contributed by atoms with Crippen LogP contribution in [0.5, 0.6) is 5.75 Å². The van der Waals surface area contributed by atoms with E-state index < -0.39 is 0 Å². The average Bonchev–Trinajstić information content (AvgIpc) is 3.03. The Morgan fingerprint density at radius 2 is 1.95 bits per heavy atom. The zero-order valence-corrected chi connectivity index (χ0v) is 11.1. The molecule has 0 atom stereocenters. The number of para-hydroxylation sites is 1. The lowest BCUT2D eigenvalue weighted by Gasteiger charge is -2.07. The van der Waals surface area contributed by atoms with Crippen molar-refractivity contribution in [3.63, 3.8) is 0 Å². The Hall–Kier alpha value is -2.80. The molecule has 0 aliphatic rings. The highest BCUT2D eigenvalue weighted by molar-refractivity contribution is 5.30. The van der Waals surface area contributed by atoms with Gasteiger partial charge in [0, 0.05) is 0 Å². The molecule has 2 aromatic heterocycles. The predicted octanol–water partition coefficient (Wildman–Crippen LogP) is 1.13. The van der Waals surface area contributed by atoms with Crippen LogP contribution in [0.1, 0.15) is 11.5 Å². The maximum Gasteiger partial charge on any atom is 0.194 e. The molecule has 0 spiro atoms. The molecule has 0 aliphatic carbocycles. The lowest BCUT2D eigenvalue weighted by Crippen LogP contribution is -2.07. The van der Waals surface area contributed by atoms with Crippen LogP contribution in [-0.4, -0.2) is 30.3 Å². The molecule has 21 heavy (non-hydrogen) atoms. The van der Waals surface area contributed by atoms with Crippen molar-refractivity contribution in [1.29, 1.82) is 0 Å². The van der Waals surface area contributed by atoms with Crippen LogP contribution in [0.15, 0.2) is 48.7 Å². The van der Waals surface area contributed by atoms with Crippen LogP contribution < -0.4 is 4.74 Å². The molecule has 7 nitrogen and oxygen atoms in total. The van der Waals surface area contributed by atoms with Crippen LogP contribution >= 0.6 is 0 Å². The molecule has 2 heterocycles. The van der Waals surface area contributed by atoms with Gasteiger partial charge in [-0.25, -0.2) is 0 Å². The summed E-state index contributed by atoms with van der Waals surface area (Å²) in [6.07, 6.45) is 1.56. The molecule has 0 aliphatic heterocycles. The fraction of sp³-hybridized carbons (Fsp3) is 0.143. The lowest BCUT2D eigenvalue weighted by molar-refractivity contribution is 0.273. The maximum absolute atomic E-state index is 8.94. The van der Waals surface area contributed by atoms with Crippen molar-refractivity contribution in [1.82, 2.24) is 25.2 Å². The van der Waals surface area contributed by atoms with Gasteiger partial charge in [0.2, 0.25) is 0 Å². The summed E-state index contributed by atoms with van der Waals surface area (Å²) >= 11 is 0. The fourth-order valence-electron chi connectivity index (χ4n) is 1.80. The van der Waals surface area contributed by atoms with Crippen LogP contribution in [0.25, 0.3) is 5.69 Å². The minimum absolute atomic E-state index is 0.0907. The van der Waals surface area contributed by atoms with Gasteiger partial charge < -0.3 is 9.84 Å². The molecule has 7 heteroatoms. The second kappa shape index (κ2) is 6.10. The standard InChI is InChI=1S/C14H13N5O2/c20-9-11-6-7-13(8-15-11)21-10-14-16-17-18-19(14)12-4-2-1-3-5-12/h1-8,20H,9-10H2. The zero-order chi connectivity index (χ0) is 14.5. The SMILES string of the molecule is OCc1ccc(OCc2nnnn2-c2ccccc2)cn1. The number of rotatable bonds is 5. The van der Waals surface area contributed by atoms with Gasteiger partial charge in [0.25, 0.3) is 0 Å². The normalized spacial score (nSPS) is 10.5. The summed E-state index contributed by atoms with van der Waals surface area (Å²) in [5.74, 6) is 1.18.